The Balaban J connectivity index is 1.47. The number of methoxy groups -OCH3 is 1. The minimum absolute atomic E-state index is 0.0127. The van der Waals surface area contributed by atoms with Crippen LogP contribution in [0.15, 0.2) is 30.6 Å². The van der Waals surface area contributed by atoms with Gasteiger partial charge in [-0.3, -0.25) is 9.59 Å². The number of hydrogen-bond acceptors (Lipinski definition) is 4. The van der Waals surface area contributed by atoms with Crippen molar-refractivity contribution in [3.05, 3.63) is 36.3 Å². The fourth-order valence-corrected chi connectivity index (χ4v) is 3.11. The molecular formula is C18H24N4O3. The molecule has 0 bridgehead atoms. The lowest BCUT2D eigenvalue weighted by Gasteiger charge is -2.31. The predicted molar refractivity (Wildman–Crippen MR) is 93.1 cm³/mol. The Hall–Kier alpha value is -2.41. The lowest BCUT2D eigenvalue weighted by molar-refractivity contribution is -0.138. The molecule has 134 valence electrons. The fourth-order valence-electron chi connectivity index (χ4n) is 3.11. The number of carbonyl (C=O) groups is 2. The number of nitrogens with zero attached hydrogens (tertiary/aromatic N) is 3. The zero-order valence-corrected chi connectivity index (χ0v) is 14.5. The summed E-state index contributed by atoms with van der Waals surface area (Å²) in [6.45, 7) is 2.06. The van der Waals surface area contributed by atoms with Crippen molar-refractivity contribution in [2.24, 2.45) is 5.92 Å². The number of fused-ring (bicyclic) bond motifs is 1. The van der Waals surface area contributed by atoms with Gasteiger partial charge in [0.15, 0.2) is 0 Å². The number of ether oxygens (including phenoxy) is 1. The maximum atomic E-state index is 12.4. The highest BCUT2D eigenvalue weighted by Crippen LogP contribution is 2.17. The highest BCUT2D eigenvalue weighted by Gasteiger charge is 2.29. The zero-order chi connectivity index (χ0) is 17.6. The van der Waals surface area contributed by atoms with Gasteiger partial charge in [0.05, 0.1) is 18.2 Å². The first-order valence-electron chi connectivity index (χ1n) is 8.64. The van der Waals surface area contributed by atoms with Gasteiger partial charge in [-0.1, -0.05) is 6.07 Å². The molecule has 0 aliphatic carbocycles. The van der Waals surface area contributed by atoms with E-state index in [0.717, 1.165) is 11.3 Å². The molecule has 2 aromatic heterocycles. The first kappa shape index (κ1) is 17.4. The molecule has 1 fully saturated rings. The Labute approximate surface area is 147 Å². The number of rotatable bonds is 7. The first-order chi connectivity index (χ1) is 12.2. The van der Waals surface area contributed by atoms with Crippen LogP contribution >= 0.6 is 0 Å². The van der Waals surface area contributed by atoms with Crippen LogP contribution in [0, 0.1) is 5.92 Å². The molecular weight excluding hydrogens is 320 g/mol. The van der Waals surface area contributed by atoms with Gasteiger partial charge in [0.25, 0.3) is 0 Å². The van der Waals surface area contributed by atoms with Crippen LogP contribution in [0.1, 0.15) is 18.5 Å². The Kier molecular flexibility index (Phi) is 5.65. The summed E-state index contributed by atoms with van der Waals surface area (Å²) in [6, 6.07) is 5.86. The molecule has 1 saturated heterocycles. The molecule has 1 N–H and O–H groups in total. The monoisotopic (exact) mass is 344 g/mol. The second kappa shape index (κ2) is 8.11. The van der Waals surface area contributed by atoms with Crippen LogP contribution in [0.4, 0.5) is 0 Å². The average molecular weight is 344 g/mol. The standard InChI is InChI=1S/C18H24N4O3/c1-25-11-10-22-12-14(5-6-17(22)23)18(24)19-8-7-15-13-21-9-3-2-4-16(21)20-15/h2-4,9,13-14H,5-8,10-12H2,1H3,(H,19,24)/t14-/m0/s1. The van der Waals surface area contributed by atoms with E-state index >= 15 is 0 Å². The second-order valence-corrected chi connectivity index (χ2v) is 6.31. The first-order valence-corrected chi connectivity index (χ1v) is 8.64. The Morgan fingerprint density at radius 1 is 1.44 bits per heavy atom. The van der Waals surface area contributed by atoms with E-state index < -0.39 is 0 Å². The van der Waals surface area contributed by atoms with Gasteiger partial charge in [-0.2, -0.15) is 0 Å². The minimum atomic E-state index is -0.143. The molecule has 25 heavy (non-hydrogen) atoms. The topological polar surface area (TPSA) is 75.9 Å². The van der Waals surface area contributed by atoms with Crippen molar-refractivity contribution < 1.29 is 14.3 Å². The largest absolute Gasteiger partial charge is 0.383 e. The molecule has 0 radical (unpaired) electrons. The predicted octanol–water partition coefficient (Wildman–Crippen LogP) is 0.878. The SMILES string of the molecule is COCCN1C[C@@H](C(=O)NCCc2cn3ccccc3n2)CCC1=O. The second-order valence-electron chi connectivity index (χ2n) is 6.31. The Morgan fingerprint density at radius 2 is 2.32 bits per heavy atom. The Morgan fingerprint density at radius 3 is 3.12 bits per heavy atom. The highest BCUT2D eigenvalue weighted by molar-refractivity contribution is 5.83. The molecule has 1 atom stereocenters. The molecule has 7 nitrogen and oxygen atoms in total. The van der Waals surface area contributed by atoms with Crippen molar-refractivity contribution in [1.82, 2.24) is 19.6 Å². The van der Waals surface area contributed by atoms with Crippen LogP contribution in [0.3, 0.4) is 0 Å². The van der Waals surface area contributed by atoms with E-state index in [4.69, 9.17) is 4.74 Å². The van der Waals surface area contributed by atoms with Crippen LogP contribution in [0.25, 0.3) is 5.65 Å². The highest BCUT2D eigenvalue weighted by atomic mass is 16.5. The van der Waals surface area contributed by atoms with Crippen molar-refractivity contribution >= 4 is 17.5 Å². The van der Waals surface area contributed by atoms with Crippen LogP contribution in [-0.4, -0.2) is 59.4 Å². The number of amides is 2. The molecule has 2 aromatic rings. The lowest BCUT2D eigenvalue weighted by Crippen LogP contribution is -2.47. The maximum Gasteiger partial charge on any atom is 0.224 e. The summed E-state index contributed by atoms with van der Waals surface area (Å²) >= 11 is 0. The summed E-state index contributed by atoms with van der Waals surface area (Å²) in [7, 11) is 1.61. The van der Waals surface area contributed by atoms with Crippen LogP contribution in [-0.2, 0) is 20.7 Å². The molecule has 7 heteroatoms. The molecule has 0 unspecified atom stereocenters. The van der Waals surface area contributed by atoms with E-state index in [-0.39, 0.29) is 17.7 Å². The fraction of sp³-hybridized carbons (Fsp3) is 0.500. The molecule has 3 heterocycles. The van der Waals surface area contributed by atoms with Crippen molar-refractivity contribution in [3.8, 4) is 0 Å². The van der Waals surface area contributed by atoms with Gasteiger partial charge in [-0.25, -0.2) is 4.98 Å². The summed E-state index contributed by atoms with van der Waals surface area (Å²) in [6.07, 6.45) is 5.66. The van der Waals surface area contributed by atoms with Crippen LogP contribution < -0.4 is 5.32 Å². The minimum Gasteiger partial charge on any atom is -0.383 e. The van der Waals surface area contributed by atoms with E-state index in [1.165, 1.54) is 0 Å². The van der Waals surface area contributed by atoms with Crippen LogP contribution in [0.5, 0.6) is 0 Å². The number of aromatic nitrogens is 2. The summed E-state index contributed by atoms with van der Waals surface area (Å²) in [5.41, 5.74) is 1.86. The zero-order valence-electron chi connectivity index (χ0n) is 14.5. The number of carbonyl (C=O) groups excluding carboxylic acids is 2. The molecule has 0 saturated carbocycles. The maximum absolute atomic E-state index is 12.4. The molecule has 1 aliphatic heterocycles. The number of pyridine rings is 1. The van der Waals surface area contributed by atoms with Gasteiger partial charge in [0, 0.05) is 52.0 Å². The van der Waals surface area contributed by atoms with E-state index in [1.54, 1.807) is 12.0 Å². The third-order valence-electron chi connectivity index (χ3n) is 4.53. The third kappa shape index (κ3) is 4.36. The number of imidazole rings is 1. The number of piperidine rings is 1. The van der Waals surface area contributed by atoms with Gasteiger partial charge >= 0.3 is 0 Å². The van der Waals surface area contributed by atoms with E-state index in [2.05, 4.69) is 10.3 Å². The van der Waals surface area contributed by atoms with Crippen molar-refractivity contribution in [2.75, 3.05) is 33.4 Å². The quantitative estimate of drug-likeness (QED) is 0.809. The smallest absolute Gasteiger partial charge is 0.224 e. The summed E-state index contributed by atoms with van der Waals surface area (Å²) in [5, 5.41) is 2.98. The van der Waals surface area contributed by atoms with E-state index in [9.17, 15) is 9.59 Å². The van der Waals surface area contributed by atoms with Gasteiger partial charge in [-0.15, -0.1) is 0 Å². The summed E-state index contributed by atoms with van der Waals surface area (Å²) < 4.78 is 6.99. The average Bonchev–Trinajstić information content (AvgIpc) is 3.03. The molecule has 1 aliphatic rings. The molecule has 3 rings (SSSR count). The summed E-state index contributed by atoms with van der Waals surface area (Å²) in [4.78, 5) is 30.5. The van der Waals surface area contributed by atoms with Gasteiger partial charge in [-0.05, 0) is 18.6 Å². The number of likely N-dealkylation sites (tertiary alicyclic amines) is 1. The van der Waals surface area contributed by atoms with E-state index in [0.29, 0.717) is 45.5 Å². The molecule has 0 aromatic carbocycles. The van der Waals surface area contributed by atoms with Crippen molar-refractivity contribution in [1.29, 1.82) is 0 Å². The molecule has 2 amide bonds. The number of nitrogens with one attached hydrogen (secondary N) is 1. The number of hydrogen-bond donors (Lipinski definition) is 1. The van der Waals surface area contributed by atoms with Crippen LogP contribution in [0.2, 0.25) is 0 Å². The normalized spacial score (nSPS) is 17.9. The van der Waals surface area contributed by atoms with Crippen molar-refractivity contribution in [2.45, 2.75) is 19.3 Å². The summed E-state index contributed by atoms with van der Waals surface area (Å²) in [5.74, 6) is -0.0277. The van der Waals surface area contributed by atoms with Gasteiger partial charge < -0.3 is 19.4 Å². The lowest BCUT2D eigenvalue weighted by atomic mass is 9.96. The van der Waals surface area contributed by atoms with Gasteiger partial charge in [0.1, 0.15) is 5.65 Å². The van der Waals surface area contributed by atoms with Gasteiger partial charge in [0.2, 0.25) is 11.8 Å². The molecule has 0 spiro atoms. The van der Waals surface area contributed by atoms with E-state index in [1.807, 2.05) is 35.0 Å². The van der Waals surface area contributed by atoms with Crippen molar-refractivity contribution in [3.63, 3.8) is 0 Å². The third-order valence-corrected chi connectivity index (χ3v) is 4.53. The Bertz CT molecular complexity index is 710.